The van der Waals surface area contributed by atoms with Gasteiger partial charge in [0, 0.05) is 22.3 Å². The van der Waals surface area contributed by atoms with Crippen molar-refractivity contribution in [1.29, 1.82) is 0 Å². The van der Waals surface area contributed by atoms with Crippen molar-refractivity contribution in [3.63, 3.8) is 0 Å². The van der Waals surface area contributed by atoms with Crippen LogP contribution >= 0.6 is 15.9 Å². The molecule has 0 saturated carbocycles. The van der Waals surface area contributed by atoms with E-state index in [1.165, 1.54) is 6.07 Å². The summed E-state index contributed by atoms with van der Waals surface area (Å²) in [5.74, 6) is 0.603. The molecule has 0 radical (unpaired) electrons. The van der Waals surface area contributed by atoms with Crippen LogP contribution in [0.15, 0.2) is 40.9 Å². The second-order valence-corrected chi connectivity index (χ2v) is 5.19. The van der Waals surface area contributed by atoms with Crippen LogP contribution in [-0.4, -0.2) is 7.11 Å². The van der Waals surface area contributed by atoms with Gasteiger partial charge in [-0.05, 0) is 42.8 Å². The van der Waals surface area contributed by atoms with Crippen molar-refractivity contribution < 1.29 is 9.13 Å². The molecule has 0 aliphatic rings. The van der Waals surface area contributed by atoms with Gasteiger partial charge in [0.15, 0.2) is 0 Å². The molecule has 0 atom stereocenters. The van der Waals surface area contributed by atoms with Gasteiger partial charge in [0.05, 0.1) is 7.11 Å². The average molecular weight is 324 g/mol. The molecule has 0 unspecified atom stereocenters. The SMILES string of the molecule is COc1ccc(NCc2ccc(Br)cc2F)c(C)c1. The van der Waals surface area contributed by atoms with Gasteiger partial charge in [0.1, 0.15) is 11.6 Å². The molecule has 2 nitrogen and oxygen atoms in total. The lowest BCUT2D eigenvalue weighted by Crippen LogP contribution is -2.03. The molecule has 0 fully saturated rings. The average Bonchev–Trinajstić information content (AvgIpc) is 2.39. The third-order valence-electron chi connectivity index (χ3n) is 2.92. The molecule has 100 valence electrons. The van der Waals surface area contributed by atoms with Crippen LogP contribution < -0.4 is 10.1 Å². The fraction of sp³-hybridized carbons (Fsp3) is 0.200. The van der Waals surface area contributed by atoms with Crippen molar-refractivity contribution in [2.24, 2.45) is 0 Å². The van der Waals surface area contributed by atoms with Crippen LogP contribution in [0.4, 0.5) is 10.1 Å². The second-order valence-electron chi connectivity index (χ2n) is 4.27. The molecule has 0 saturated heterocycles. The molecule has 0 aromatic heterocycles. The van der Waals surface area contributed by atoms with E-state index in [0.717, 1.165) is 21.5 Å². The van der Waals surface area contributed by atoms with E-state index in [9.17, 15) is 4.39 Å². The summed E-state index contributed by atoms with van der Waals surface area (Å²) in [6, 6.07) is 10.8. The topological polar surface area (TPSA) is 21.3 Å². The number of rotatable bonds is 4. The van der Waals surface area contributed by atoms with Gasteiger partial charge in [-0.2, -0.15) is 0 Å². The number of methoxy groups -OCH3 is 1. The third-order valence-corrected chi connectivity index (χ3v) is 3.41. The maximum absolute atomic E-state index is 13.7. The fourth-order valence-corrected chi connectivity index (χ4v) is 2.15. The van der Waals surface area contributed by atoms with E-state index in [1.54, 1.807) is 13.2 Å². The van der Waals surface area contributed by atoms with Crippen LogP contribution in [-0.2, 0) is 6.54 Å². The zero-order valence-electron chi connectivity index (χ0n) is 10.8. The van der Waals surface area contributed by atoms with Gasteiger partial charge >= 0.3 is 0 Å². The van der Waals surface area contributed by atoms with Crippen molar-refractivity contribution in [1.82, 2.24) is 0 Å². The van der Waals surface area contributed by atoms with E-state index in [0.29, 0.717) is 12.1 Å². The van der Waals surface area contributed by atoms with Crippen molar-refractivity contribution >= 4 is 21.6 Å². The first-order valence-corrected chi connectivity index (χ1v) is 6.72. The molecule has 0 bridgehead atoms. The van der Waals surface area contributed by atoms with Crippen molar-refractivity contribution in [2.45, 2.75) is 13.5 Å². The van der Waals surface area contributed by atoms with E-state index >= 15 is 0 Å². The quantitative estimate of drug-likeness (QED) is 0.893. The Labute approximate surface area is 120 Å². The highest BCUT2D eigenvalue weighted by Crippen LogP contribution is 2.22. The van der Waals surface area contributed by atoms with Gasteiger partial charge < -0.3 is 10.1 Å². The maximum Gasteiger partial charge on any atom is 0.129 e. The molecule has 19 heavy (non-hydrogen) atoms. The van der Waals surface area contributed by atoms with Crippen LogP contribution in [0.3, 0.4) is 0 Å². The Morgan fingerprint density at radius 1 is 1.21 bits per heavy atom. The maximum atomic E-state index is 13.7. The Balaban J connectivity index is 2.10. The minimum Gasteiger partial charge on any atom is -0.497 e. The smallest absolute Gasteiger partial charge is 0.129 e. The second kappa shape index (κ2) is 6.06. The molecule has 2 rings (SSSR count). The highest BCUT2D eigenvalue weighted by Gasteiger charge is 2.04. The lowest BCUT2D eigenvalue weighted by atomic mass is 10.1. The van der Waals surface area contributed by atoms with Crippen LogP contribution in [0.2, 0.25) is 0 Å². The summed E-state index contributed by atoms with van der Waals surface area (Å²) in [4.78, 5) is 0. The molecule has 0 heterocycles. The van der Waals surface area contributed by atoms with Crippen molar-refractivity contribution in [3.05, 3.63) is 57.8 Å². The Kier molecular flexibility index (Phi) is 4.43. The van der Waals surface area contributed by atoms with Gasteiger partial charge in [-0.25, -0.2) is 4.39 Å². The predicted octanol–water partition coefficient (Wildman–Crippen LogP) is 4.52. The standard InChI is InChI=1S/C15H15BrFNO/c1-10-7-13(19-2)5-6-15(10)18-9-11-3-4-12(16)8-14(11)17/h3-8,18H,9H2,1-2H3. The minimum atomic E-state index is -0.215. The number of hydrogen-bond acceptors (Lipinski definition) is 2. The summed E-state index contributed by atoms with van der Waals surface area (Å²) < 4.78 is 19.6. The molecule has 1 N–H and O–H groups in total. The van der Waals surface area contributed by atoms with Gasteiger partial charge in [0.2, 0.25) is 0 Å². The van der Waals surface area contributed by atoms with E-state index in [4.69, 9.17) is 4.74 Å². The number of aryl methyl sites for hydroxylation is 1. The van der Waals surface area contributed by atoms with Crippen LogP contribution in [0, 0.1) is 12.7 Å². The largest absolute Gasteiger partial charge is 0.497 e. The highest BCUT2D eigenvalue weighted by molar-refractivity contribution is 9.10. The van der Waals surface area contributed by atoms with Crippen LogP contribution in [0.25, 0.3) is 0 Å². The predicted molar refractivity (Wildman–Crippen MR) is 79.2 cm³/mol. The number of anilines is 1. The summed E-state index contributed by atoms with van der Waals surface area (Å²) in [5.41, 5.74) is 2.68. The van der Waals surface area contributed by atoms with E-state index < -0.39 is 0 Å². The van der Waals surface area contributed by atoms with Crippen LogP contribution in [0.5, 0.6) is 5.75 Å². The molecule has 0 aliphatic heterocycles. The normalized spacial score (nSPS) is 10.3. The summed E-state index contributed by atoms with van der Waals surface area (Å²) in [7, 11) is 1.64. The number of ether oxygens (including phenoxy) is 1. The van der Waals surface area contributed by atoms with Gasteiger partial charge in [0.25, 0.3) is 0 Å². The first-order chi connectivity index (χ1) is 9.10. The summed E-state index contributed by atoms with van der Waals surface area (Å²) in [5, 5.41) is 3.23. The molecule has 4 heteroatoms. The van der Waals surface area contributed by atoms with E-state index in [2.05, 4.69) is 21.2 Å². The number of hydrogen-bond donors (Lipinski definition) is 1. The molecular formula is C15H15BrFNO. The zero-order valence-corrected chi connectivity index (χ0v) is 12.4. The third kappa shape index (κ3) is 3.47. The van der Waals surface area contributed by atoms with Gasteiger partial charge in [-0.1, -0.05) is 22.0 Å². The van der Waals surface area contributed by atoms with Crippen molar-refractivity contribution in [2.75, 3.05) is 12.4 Å². The summed E-state index contributed by atoms with van der Waals surface area (Å²) in [6.45, 7) is 2.44. The Hall–Kier alpha value is -1.55. The minimum absolute atomic E-state index is 0.215. The molecular weight excluding hydrogens is 309 g/mol. The molecule has 0 amide bonds. The van der Waals surface area contributed by atoms with Gasteiger partial charge in [-0.3, -0.25) is 0 Å². The lowest BCUT2D eigenvalue weighted by Gasteiger charge is -2.11. The monoisotopic (exact) mass is 323 g/mol. The molecule has 0 aliphatic carbocycles. The highest BCUT2D eigenvalue weighted by atomic mass is 79.9. The zero-order chi connectivity index (χ0) is 13.8. The summed E-state index contributed by atoms with van der Waals surface area (Å²) in [6.07, 6.45) is 0. The fourth-order valence-electron chi connectivity index (χ4n) is 1.82. The van der Waals surface area contributed by atoms with Crippen LogP contribution in [0.1, 0.15) is 11.1 Å². The van der Waals surface area contributed by atoms with Crippen molar-refractivity contribution in [3.8, 4) is 5.75 Å². The number of benzene rings is 2. The molecule has 2 aromatic rings. The molecule has 2 aromatic carbocycles. The van der Waals surface area contributed by atoms with E-state index in [-0.39, 0.29) is 5.82 Å². The number of nitrogens with one attached hydrogen (secondary N) is 1. The Morgan fingerprint density at radius 2 is 2.00 bits per heavy atom. The lowest BCUT2D eigenvalue weighted by molar-refractivity contribution is 0.414. The van der Waals surface area contributed by atoms with E-state index in [1.807, 2.05) is 31.2 Å². The molecule has 0 spiro atoms. The Bertz CT molecular complexity index is 586. The first-order valence-electron chi connectivity index (χ1n) is 5.92. The first kappa shape index (κ1) is 13.9. The number of halogens is 2. The summed E-state index contributed by atoms with van der Waals surface area (Å²) >= 11 is 3.25. The van der Waals surface area contributed by atoms with Gasteiger partial charge in [-0.15, -0.1) is 0 Å². The Morgan fingerprint density at radius 3 is 2.63 bits per heavy atom.